The maximum atomic E-state index is 13.6. The lowest BCUT2D eigenvalue weighted by atomic mass is 10.2. The van der Waals surface area contributed by atoms with Gasteiger partial charge in [-0.15, -0.1) is 11.3 Å². The zero-order valence-corrected chi connectivity index (χ0v) is 12.9. The van der Waals surface area contributed by atoms with E-state index in [-0.39, 0.29) is 5.56 Å². The van der Waals surface area contributed by atoms with Crippen molar-refractivity contribution in [3.05, 3.63) is 40.5 Å². The Bertz CT molecular complexity index is 841. The van der Waals surface area contributed by atoms with E-state index < -0.39 is 11.8 Å². The summed E-state index contributed by atoms with van der Waals surface area (Å²) in [5.41, 5.74) is 0.998. The van der Waals surface area contributed by atoms with E-state index >= 15 is 0 Å². The number of hydrogen-bond donors (Lipinski definition) is 2. The summed E-state index contributed by atoms with van der Waals surface area (Å²) in [5.74, 6) is -0.507. The molecule has 0 aliphatic carbocycles. The van der Waals surface area contributed by atoms with Crippen LogP contribution in [0.2, 0.25) is 0 Å². The van der Waals surface area contributed by atoms with Gasteiger partial charge in [0.05, 0.1) is 23.1 Å². The average molecular weight is 319 g/mol. The van der Waals surface area contributed by atoms with Gasteiger partial charge in [0.25, 0.3) is 0 Å². The van der Waals surface area contributed by atoms with Crippen LogP contribution in [0.15, 0.2) is 24.3 Å². The molecule has 0 aliphatic rings. The van der Waals surface area contributed by atoms with Crippen LogP contribution in [-0.4, -0.2) is 30.1 Å². The summed E-state index contributed by atoms with van der Waals surface area (Å²) in [4.78, 5) is 21.4. The second-order valence-electron chi connectivity index (χ2n) is 4.72. The van der Waals surface area contributed by atoms with Crippen molar-refractivity contribution in [1.82, 2.24) is 15.3 Å². The van der Waals surface area contributed by atoms with Crippen LogP contribution < -0.4 is 5.32 Å². The fraction of sp³-hybridized carbons (Fsp3) is 0.200. The SMILES string of the molecule is CNCc1ccc(-c2nc3c(C(=O)OC)cc(F)cc3[nH]2)s1. The van der Waals surface area contributed by atoms with E-state index in [1.807, 2.05) is 19.2 Å². The normalized spacial score (nSPS) is 11.0. The van der Waals surface area contributed by atoms with Crippen LogP contribution in [0.3, 0.4) is 0 Å². The van der Waals surface area contributed by atoms with Gasteiger partial charge in [-0.1, -0.05) is 0 Å². The number of H-pyrrole nitrogens is 1. The third-order valence-corrected chi connectivity index (χ3v) is 4.29. The number of esters is 1. The summed E-state index contributed by atoms with van der Waals surface area (Å²) in [6.07, 6.45) is 0. The Balaban J connectivity index is 2.10. The van der Waals surface area contributed by atoms with E-state index in [0.29, 0.717) is 16.9 Å². The minimum atomic E-state index is -0.607. The number of hydrogen-bond acceptors (Lipinski definition) is 5. The van der Waals surface area contributed by atoms with Crippen molar-refractivity contribution < 1.29 is 13.9 Å². The van der Waals surface area contributed by atoms with E-state index in [2.05, 4.69) is 20.0 Å². The summed E-state index contributed by atoms with van der Waals surface area (Å²) in [5, 5.41) is 3.08. The Hall–Kier alpha value is -2.25. The number of methoxy groups -OCH3 is 1. The lowest BCUT2D eigenvalue weighted by molar-refractivity contribution is 0.0602. The summed E-state index contributed by atoms with van der Waals surface area (Å²) in [6, 6.07) is 6.41. The van der Waals surface area contributed by atoms with E-state index in [4.69, 9.17) is 0 Å². The number of carbonyl (C=O) groups is 1. The number of rotatable bonds is 4. The molecule has 3 rings (SSSR count). The van der Waals surface area contributed by atoms with Gasteiger partial charge in [0.2, 0.25) is 0 Å². The lowest BCUT2D eigenvalue weighted by Gasteiger charge is -1.99. The van der Waals surface area contributed by atoms with Gasteiger partial charge in [0, 0.05) is 11.4 Å². The molecule has 0 aliphatic heterocycles. The Kier molecular flexibility index (Phi) is 3.91. The van der Waals surface area contributed by atoms with Crippen LogP contribution in [0.5, 0.6) is 0 Å². The molecule has 0 radical (unpaired) electrons. The largest absolute Gasteiger partial charge is 0.465 e. The highest BCUT2D eigenvalue weighted by atomic mass is 32.1. The summed E-state index contributed by atoms with van der Waals surface area (Å²) < 4.78 is 18.3. The molecule has 3 aromatic rings. The predicted octanol–water partition coefficient (Wildman–Crippen LogP) is 2.94. The quantitative estimate of drug-likeness (QED) is 0.726. The molecule has 114 valence electrons. The molecule has 1 aromatic carbocycles. The first-order valence-electron chi connectivity index (χ1n) is 6.63. The summed E-state index contributed by atoms with van der Waals surface area (Å²) in [7, 11) is 3.14. The highest BCUT2D eigenvalue weighted by molar-refractivity contribution is 7.15. The minimum absolute atomic E-state index is 0.118. The van der Waals surface area contributed by atoms with Crippen molar-refractivity contribution in [1.29, 1.82) is 0 Å². The molecule has 0 amide bonds. The molecule has 7 heteroatoms. The molecule has 0 saturated heterocycles. The molecular weight excluding hydrogens is 305 g/mol. The fourth-order valence-electron chi connectivity index (χ4n) is 2.24. The number of halogens is 1. The van der Waals surface area contributed by atoms with Crippen molar-refractivity contribution in [2.24, 2.45) is 0 Å². The van der Waals surface area contributed by atoms with Crippen molar-refractivity contribution >= 4 is 28.3 Å². The molecule has 0 unspecified atom stereocenters. The molecule has 2 N–H and O–H groups in total. The van der Waals surface area contributed by atoms with Crippen LogP contribution in [0.1, 0.15) is 15.2 Å². The third kappa shape index (κ3) is 2.60. The number of thiophene rings is 1. The second kappa shape index (κ2) is 5.86. The Morgan fingerprint density at radius 3 is 3.00 bits per heavy atom. The summed E-state index contributed by atoms with van der Waals surface area (Å²) in [6.45, 7) is 0.771. The molecule has 0 atom stereocenters. The van der Waals surface area contributed by atoms with Gasteiger partial charge in [-0.2, -0.15) is 0 Å². The molecule has 0 bridgehead atoms. The fourth-order valence-corrected chi connectivity index (χ4v) is 3.20. The first-order chi connectivity index (χ1) is 10.6. The van der Waals surface area contributed by atoms with E-state index in [9.17, 15) is 9.18 Å². The maximum absolute atomic E-state index is 13.6. The Morgan fingerprint density at radius 2 is 2.27 bits per heavy atom. The van der Waals surface area contributed by atoms with E-state index in [1.54, 1.807) is 11.3 Å². The zero-order valence-electron chi connectivity index (χ0n) is 12.1. The molecule has 0 saturated carbocycles. The molecule has 0 spiro atoms. The standard InChI is InChI=1S/C15H14FN3O2S/c1-17-7-9-3-4-12(22-9)14-18-11-6-8(16)5-10(13(11)19-14)15(20)21-2/h3-6,17H,7H2,1-2H3,(H,18,19). The number of carbonyl (C=O) groups excluding carboxylic acids is 1. The topological polar surface area (TPSA) is 67.0 Å². The molecule has 5 nitrogen and oxygen atoms in total. The van der Waals surface area contributed by atoms with Crippen LogP contribution in [0, 0.1) is 5.82 Å². The highest BCUT2D eigenvalue weighted by Gasteiger charge is 2.17. The Labute approximate surface area is 130 Å². The van der Waals surface area contributed by atoms with Gasteiger partial charge in [0.15, 0.2) is 0 Å². The third-order valence-electron chi connectivity index (χ3n) is 3.20. The molecule has 2 heterocycles. The Morgan fingerprint density at radius 1 is 1.45 bits per heavy atom. The van der Waals surface area contributed by atoms with Gasteiger partial charge in [-0.05, 0) is 31.3 Å². The van der Waals surface area contributed by atoms with Gasteiger partial charge < -0.3 is 15.0 Å². The van der Waals surface area contributed by atoms with Gasteiger partial charge >= 0.3 is 5.97 Å². The monoisotopic (exact) mass is 319 g/mol. The molecule has 22 heavy (non-hydrogen) atoms. The molecule has 0 fully saturated rings. The van der Waals surface area contributed by atoms with Crippen molar-refractivity contribution in [3.8, 4) is 10.7 Å². The number of ether oxygens (including phenoxy) is 1. The molecule has 2 aromatic heterocycles. The smallest absolute Gasteiger partial charge is 0.340 e. The number of aromatic nitrogens is 2. The van der Waals surface area contributed by atoms with Crippen LogP contribution in [0.4, 0.5) is 4.39 Å². The van der Waals surface area contributed by atoms with Gasteiger partial charge in [-0.3, -0.25) is 0 Å². The summed E-state index contributed by atoms with van der Waals surface area (Å²) >= 11 is 1.58. The number of nitrogens with one attached hydrogen (secondary N) is 2. The first kappa shape index (κ1) is 14.7. The van der Waals surface area contributed by atoms with Crippen molar-refractivity contribution in [2.45, 2.75) is 6.54 Å². The van der Waals surface area contributed by atoms with Gasteiger partial charge in [0.1, 0.15) is 17.2 Å². The number of fused-ring (bicyclic) bond motifs is 1. The van der Waals surface area contributed by atoms with Crippen molar-refractivity contribution in [2.75, 3.05) is 14.2 Å². The zero-order chi connectivity index (χ0) is 15.7. The second-order valence-corrected chi connectivity index (χ2v) is 5.89. The number of imidazole rings is 1. The number of benzene rings is 1. The van der Waals surface area contributed by atoms with Crippen molar-refractivity contribution in [3.63, 3.8) is 0 Å². The maximum Gasteiger partial charge on any atom is 0.340 e. The lowest BCUT2D eigenvalue weighted by Crippen LogP contribution is -2.02. The van der Waals surface area contributed by atoms with Crippen LogP contribution in [-0.2, 0) is 11.3 Å². The van der Waals surface area contributed by atoms with Crippen LogP contribution in [0.25, 0.3) is 21.7 Å². The number of nitrogens with zero attached hydrogens (tertiary/aromatic N) is 1. The van der Waals surface area contributed by atoms with E-state index in [0.717, 1.165) is 22.4 Å². The first-order valence-corrected chi connectivity index (χ1v) is 7.45. The van der Waals surface area contributed by atoms with Gasteiger partial charge in [-0.25, -0.2) is 14.2 Å². The predicted molar refractivity (Wildman–Crippen MR) is 83.5 cm³/mol. The minimum Gasteiger partial charge on any atom is -0.465 e. The average Bonchev–Trinajstić information content (AvgIpc) is 3.12. The van der Waals surface area contributed by atoms with Crippen LogP contribution >= 0.6 is 11.3 Å². The number of aromatic amines is 1. The van der Waals surface area contributed by atoms with E-state index in [1.165, 1.54) is 13.2 Å². The highest BCUT2D eigenvalue weighted by Crippen LogP contribution is 2.29. The molecular formula is C15H14FN3O2S.